The minimum atomic E-state index is 0.752. The molecule has 0 amide bonds. The molecule has 0 aromatic carbocycles. The summed E-state index contributed by atoms with van der Waals surface area (Å²) in [5.41, 5.74) is 1.35. The van der Waals surface area contributed by atoms with Crippen molar-refractivity contribution in [2.75, 3.05) is 0 Å². The molecule has 3 rings (SSSR count). The van der Waals surface area contributed by atoms with Crippen LogP contribution in [-0.4, -0.2) is 4.98 Å². The Morgan fingerprint density at radius 3 is 2.93 bits per heavy atom. The molecular weight excluding hydrogens is 290 g/mol. The summed E-state index contributed by atoms with van der Waals surface area (Å²) in [6.45, 7) is 0. The van der Waals surface area contributed by atoms with E-state index in [0.29, 0.717) is 0 Å². The lowest BCUT2D eigenvalue weighted by Crippen LogP contribution is -1.83. The molecule has 0 N–H and O–H groups in total. The van der Waals surface area contributed by atoms with Gasteiger partial charge in [0.1, 0.15) is 5.01 Å². The minimum absolute atomic E-state index is 0.752. The Bertz CT molecular complexity index is 457. The van der Waals surface area contributed by atoms with Gasteiger partial charge in [-0.15, -0.1) is 22.7 Å². The van der Waals surface area contributed by atoms with Crippen LogP contribution < -0.4 is 0 Å². The molecule has 1 saturated carbocycles. The molecule has 0 aliphatic heterocycles. The second-order valence-electron chi connectivity index (χ2n) is 3.71. The number of thiazole rings is 1. The SMILES string of the molecule is BrCc1sc(-c2cccs2)nc1C1CC1. The first-order chi connectivity index (χ1) is 7.38. The van der Waals surface area contributed by atoms with Crippen LogP contribution in [0.5, 0.6) is 0 Å². The van der Waals surface area contributed by atoms with Crippen molar-refractivity contribution in [3.63, 3.8) is 0 Å². The van der Waals surface area contributed by atoms with E-state index in [0.717, 1.165) is 11.2 Å². The fourth-order valence-electron chi connectivity index (χ4n) is 1.64. The third kappa shape index (κ3) is 1.90. The van der Waals surface area contributed by atoms with Crippen LogP contribution in [-0.2, 0) is 5.33 Å². The van der Waals surface area contributed by atoms with Crippen LogP contribution in [0.15, 0.2) is 17.5 Å². The maximum absolute atomic E-state index is 4.78. The summed E-state index contributed by atoms with van der Waals surface area (Å²) < 4.78 is 0. The monoisotopic (exact) mass is 299 g/mol. The van der Waals surface area contributed by atoms with E-state index in [1.807, 2.05) is 11.3 Å². The van der Waals surface area contributed by atoms with E-state index >= 15 is 0 Å². The van der Waals surface area contributed by atoms with Gasteiger partial charge in [-0.1, -0.05) is 22.0 Å². The molecule has 0 radical (unpaired) electrons. The third-order valence-electron chi connectivity index (χ3n) is 2.54. The number of hydrogen-bond acceptors (Lipinski definition) is 3. The average Bonchev–Trinajstić information content (AvgIpc) is 2.83. The van der Waals surface area contributed by atoms with Crippen LogP contribution in [0.4, 0.5) is 0 Å². The van der Waals surface area contributed by atoms with Crippen LogP contribution in [0.3, 0.4) is 0 Å². The van der Waals surface area contributed by atoms with Gasteiger partial charge in [-0.25, -0.2) is 4.98 Å². The summed E-state index contributed by atoms with van der Waals surface area (Å²) in [5.74, 6) is 0.752. The van der Waals surface area contributed by atoms with Crippen molar-refractivity contribution < 1.29 is 0 Å². The largest absolute Gasteiger partial charge is 0.240 e. The van der Waals surface area contributed by atoms with E-state index in [2.05, 4.69) is 33.4 Å². The van der Waals surface area contributed by atoms with E-state index in [-0.39, 0.29) is 0 Å². The molecule has 78 valence electrons. The van der Waals surface area contributed by atoms with Crippen molar-refractivity contribution in [3.05, 3.63) is 28.1 Å². The maximum atomic E-state index is 4.78. The Labute approximate surface area is 105 Å². The molecule has 1 fully saturated rings. The van der Waals surface area contributed by atoms with Crippen LogP contribution >= 0.6 is 38.6 Å². The van der Waals surface area contributed by atoms with E-state index in [1.54, 1.807) is 11.3 Å². The van der Waals surface area contributed by atoms with Crippen molar-refractivity contribution in [1.82, 2.24) is 4.98 Å². The Morgan fingerprint density at radius 1 is 1.47 bits per heavy atom. The minimum Gasteiger partial charge on any atom is -0.240 e. The number of aromatic nitrogens is 1. The van der Waals surface area contributed by atoms with Crippen molar-refractivity contribution >= 4 is 38.6 Å². The molecule has 0 atom stereocenters. The fourth-order valence-corrected chi connectivity index (χ4v) is 4.07. The van der Waals surface area contributed by atoms with Crippen molar-refractivity contribution in [2.45, 2.75) is 24.1 Å². The molecule has 0 unspecified atom stereocenters. The first-order valence-electron chi connectivity index (χ1n) is 4.98. The summed E-state index contributed by atoms with van der Waals surface area (Å²) in [6.07, 6.45) is 2.65. The van der Waals surface area contributed by atoms with Crippen molar-refractivity contribution in [3.8, 4) is 9.88 Å². The number of thiophene rings is 1. The fraction of sp³-hybridized carbons (Fsp3) is 0.364. The summed E-state index contributed by atoms with van der Waals surface area (Å²) in [5, 5.41) is 4.25. The van der Waals surface area contributed by atoms with Gasteiger partial charge < -0.3 is 0 Å². The average molecular weight is 300 g/mol. The van der Waals surface area contributed by atoms with Gasteiger partial charge in [0.15, 0.2) is 0 Å². The second-order valence-corrected chi connectivity index (χ2v) is 6.30. The zero-order valence-corrected chi connectivity index (χ0v) is 11.3. The number of halogens is 1. The van der Waals surface area contributed by atoms with Gasteiger partial charge in [-0.2, -0.15) is 0 Å². The predicted octanol–water partition coefficient (Wildman–Crippen LogP) is 4.64. The molecule has 0 saturated heterocycles. The highest BCUT2D eigenvalue weighted by atomic mass is 79.9. The first-order valence-corrected chi connectivity index (χ1v) is 7.79. The highest BCUT2D eigenvalue weighted by molar-refractivity contribution is 9.08. The summed E-state index contributed by atoms with van der Waals surface area (Å²) in [6, 6.07) is 4.24. The standard InChI is InChI=1S/C11H10BrNS2/c12-6-9-10(7-3-4-7)13-11(15-9)8-2-1-5-14-8/h1-2,5,7H,3-4,6H2. The van der Waals surface area contributed by atoms with Crippen molar-refractivity contribution in [1.29, 1.82) is 0 Å². The molecule has 2 aromatic rings. The number of hydrogen-bond donors (Lipinski definition) is 0. The molecule has 1 nitrogen and oxygen atoms in total. The van der Waals surface area contributed by atoms with Crippen LogP contribution in [0.1, 0.15) is 29.3 Å². The smallest absolute Gasteiger partial charge is 0.133 e. The van der Waals surface area contributed by atoms with Gasteiger partial charge in [0.2, 0.25) is 0 Å². The van der Waals surface area contributed by atoms with E-state index in [9.17, 15) is 0 Å². The maximum Gasteiger partial charge on any atom is 0.133 e. The number of nitrogens with zero attached hydrogens (tertiary/aromatic N) is 1. The Hall–Kier alpha value is -0.190. The molecule has 15 heavy (non-hydrogen) atoms. The molecular formula is C11H10BrNS2. The number of rotatable bonds is 3. The first kappa shape index (κ1) is 10.00. The van der Waals surface area contributed by atoms with Crippen LogP contribution in [0.2, 0.25) is 0 Å². The van der Waals surface area contributed by atoms with Gasteiger partial charge in [-0.05, 0) is 24.3 Å². The lowest BCUT2D eigenvalue weighted by molar-refractivity contribution is 1.03. The van der Waals surface area contributed by atoms with Gasteiger partial charge in [0.25, 0.3) is 0 Å². The van der Waals surface area contributed by atoms with Gasteiger partial charge in [0.05, 0.1) is 10.6 Å². The Morgan fingerprint density at radius 2 is 2.33 bits per heavy atom. The normalized spacial score (nSPS) is 15.8. The zero-order chi connectivity index (χ0) is 10.3. The molecule has 4 heteroatoms. The zero-order valence-electron chi connectivity index (χ0n) is 8.07. The van der Waals surface area contributed by atoms with E-state index < -0.39 is 0 Å². The lowest BCUT2D eigenvalue weighted by atomic mass is 10.3. The Balaban J connectivity index is 2.03. The van der Waals surface area contributed by atoms with Crippen molar-refractivity contribution in [2.24, 2.45) is 0 Å². The summed E-state index contributed by atoms with van der Waals surface area (Å²) in [4.78, 5) is 7.50. The molecule has 1 aliphatic carbocycles. The quantitative estimate of drug-likeness (QED) is 0.752. The summed E-state index contributed by atoms with van der Waals surface area (Å²) >= 11 is 7.17. The second kappa shape index (κ2) is 4.00. The molecule has 2 aromatic heterocycles. The highest BCUT2D eigenvalue weighted by Crippen LogP contribution is 2.45. The molecule has 1 aliphatic rings. The van der Waals surface area contributed by atoms with Gasteiger partial charge in [-0.3, -0.25) is 0 Å². The Kier molecular flexibility index (Phi) is 2.66. The predicted molar refractivity (Wildman–Crippen MR) is 70.0 cm³/mol. The third-order valence-corrected chi connectivity index (χ3v) is 5.59. The molecule has 2 heterocycles. The highest BCUT2D eigenvalue weighted by Gasteiger charge is 2.29. The van der Waals surface area contributed by atoms with Gasteiger partial charge >= 0.3 is 0 Å². The molecule has 0 spiro atoms. The summed E-state index contributed by atoms with van der Waals surface area (Å²) in [7, 11) is 0. The van der Waals surface area contributed by atoms with E-state index in [4.69, 9.17) is 4.98 Å². The van der Waals surface area contributed by atoms with Crippen LogP contribution in [0, 0.1) is 0 Å². The van der Waals surface area contributed by atoms with E-state index in [1.165, 1.54) is 33.3 Å². The van der Waals surface area contributed by atoms with Gasteiger partial charge in [0, 0.05) is 16.1 Å². The van der Waals surface area contributed by atoms with Crippen LogP contribution in [0.25, 0.3) is 9.88 Å². The number of alkyl halides is 1. The topological polar surface area (TPSA) is 12.9 Å². The molecule has 0 bridgehead atoms. The lowest BCUT2D eigenvalue weighted by Gasteiger charge is -1.92.